The summed E-state index contributed by atoms with van der Waals surface area (Å²) in [5.41, 5.74) is 10.0. The van der Waals surface area contributed by atoms with Crippen molar-refractivity contribution in [2.45, 2.75) is 59.2 Å². The van der Waals surface area contributed by atoms with Crippen LogP contribution in [0.5, 0.6) is 11.5 Å². The van der Waals surface area contributed by atoms with Gasteiger partial charge in [0.15, 0.2) is 0 Å². The first kappa shape index (κ1) is 40.3. The number of benzene rings is 8. The van der Waals surface area contributed by atoms with Gasteiger partial charge >= 0.3 is 13.2 Å². The Kier molecular flexibility index (Phi) is 12.0. The van der Waals surface area contributed by atoms with Gasteiger partial charge in [0.25, 0.3) is 0 Å². The molecule has 0 bridgehead atoms. The Hall–Kier alpha value is -6.47. The molecule has 0 aliphatic rings. The lowest BCUT2D eigenvalue weighted by Gasteiger charge is -2.21. The summed E-state index contributed by atoms with van der Waals surface area (Å²) in [6.07, 6.45) is 5.29. The van der Waals surface area contributed by atoms with E-state index in [1.54, 1.807) is 30.3 Å². The number of halogens is 5. The summed E-state index contributed by atoms with van der Waals surface area (Å²) >= 11 is 0. The normalized spacial score (nSPS) is 11.6. The SMILES string of the molecule is CCCCc1ccc(-c2ccc3c(-c4cc5cc(-c6ccc(CCC)cc6)ccc5c(F)c4-c4ccc(OC(F)F)cc4)c(-c4ccc(OC(F)F)cc4)ccc3c2)cc1. The minimum absolute atomic E-state index is 0.0141. The molecule has 0 saturated carbocycles. The molecular formula is C53H43F5O2. The van der Waals surface area contributed by atoms with Gasteiger partial charge in [-0.1, -0.05) is 136 Å². The van der Waals surface area contributed by atoms with Gasteiger partial charge in [0.05, 0.1) is 0 Å². The fourth-order valence-electron chi connectivity index (χ4n) is 8.08. The van der Waals surface area contributed by atoms with Gasteiger partial charge in [-0.05, 0) is 139 Å². The predicted octanol–water partition coefficient (Wildman–Crippen LogP) is 16.0. The van der Waals surface area contributed by atoms with Crippen molar-refractivity contribution in [1.82, 2.24) is 0 Å². The zero-order valence-electron chi connectivity index (χ0n) is 33.3. The molecule has 8 rings (SSSR count). The van der Waals surface area contributed by atoms with Crippen molar-refractivity contribution >= 4 is 21.5 Å². The Morgan fingerprint density at radius 2 is 0.917 bits per heavy atom. The second kappa shape index (κ2) is 17.8. The molecule has 0 atom stereocenters. The van der Waals surface area contributed by atoms with Crippen molar-refractivity contribution in [2.75, 3.05) is 0 Å². The van der Waals surface area contributed by atoms with Crippen molar-refractivity contribution in [3.8, 4) is 67.1 Å². The third kappa shape index (κ3) is 8.62. The summed E-state index contributed by atoms with van der Waals surface area (Å²) in [6, 6.07) is 47.3. The molecule has 0 N–H and O–H groups in total. The van der Waals surface area contributed by atoms with Crippen molar-refractivity contribution in [3.05, 3.63) is 169 Å². The van der Waals surface area contributed by atoms with E-state index in [1.165, 1.54) is 35.4 Å². The molecule has 0 heterocycles. The number of ether oxygens (including phenoxy) is 2. The number of unbranched alkanes of at least 4 members (excludes halogenated alkanes) is 1. The Morgan fingerprint density at radius 1 is 0.417 bits per heavy atom. The van der Waals surface area contributed by atoms with Crippen LogP contribution in [0, 0.1) is 5.82 Å². The highest BCUT2D eigenvalue weighted by Crippen LogP contribution is 2.47. The van der Waals surface area contributed by atoms with Gasteiger partial charge in [0, 0.05) is 10.9 Å². The standard InChI is InChI=1S/C53H43F5O2/c1-3-5-7-34-10-14-35(15-11-34)39-20-27-46-41(30-39)22-28-45(37-16-23-43(24-17-37)59-52(55)56)50(46)48-32-42-31-40(36-12-8-33(6-4-2)9-13-36)21-29-47(42)51(54)49(48)38-18-25-44(26-19-38)60-53(57)58/h8-32,52-53H,3-7H2,1-2H3. The quantitative estimate of drug-likeness (QED) is 0.102. The zero-order valence-corrected chi connectivity index (χ0v) is 33.3. The second-order valence-electron chi connectivity index (χ2n) is 15.0. The highest BCUT2D eigenvalue weighted by molar-refractivity contribution is 6.10. The maximum absolute atomic E-state index is 17.5. The van der Waals surface area contributed by atoms with Gasteiger partial charge in [-0.25, -0.2) is 4.39 Å². The number of hydrogen-bond acceptors (Lipinski definition) is 2. The largest absolute Gasteiger partial charge is 0.435 e. The van der Waals surface area contributed by atoms with E-state index < -0.39 is 19.0 Å². The third-order valence-corrected chi connectivity index (χ3v) is 11.1. The van der Waals surface area contributed by atoms with Gasteiger partial charge in [0.2, 0.25) is 0 Å². The first-order valence-corrected chi connectivity index (χ1v) is 20.3. The van der Waals surface area contributed by atoms with Crippen LogP contribution < -0.4 is 9.47 Å². The van der Waals surface area contributed by atoms with Crippen LogP contribution in [0.2, 0.25) is 0 Å². The van der Waals surface area contributed by atoms with Crippen LogP contribution in [0.25, 0.3) is 77.2 Å². The van der Waals surface area contributed by atoms with E-state index in [4.69, 9.17) is 0 Å². The van der Waals surface area contributed by atoms with Gasteiger partial charge < -0.3 is 9.47 Å². The molecule has 60 heavy (non-hydrogen) atoms. The number of fused-ring (bicyclic) bond motifs is 2. The summed E-state index contributed by atoms with van der Waals surface area (Å²) < 4.78 is 79.6. The summed E-state index contributed by atoms with van der Waals surface area (Å²) in [4.78, 5) is 0. The lowest BCUT2D eigenvalue weighted by molar-refractivity contribution is -0.0505. The maximum atomic E-state index is 17.5. The van der Waals surface area contributed by atoms with Crippen LogP contribution >= 0.6 is 0 Å². The first-order valence-electron chi connectivity index (χ1n) is 20.3. The molecule has 0 fully saturated rings. The second-order valence-corrected chi connectivity index (χ2v) is 15.0. The van der Waals surface area contributed by atoms with Gasteiger partial charge in [-0.2, -0.15) is 17.6 Å². The lowest BCUT2D eigenvalue weighted by Crippen LogP contribution is -2.02. The molecule has 0 unspecified atom stereocenters. The van der Waals surface area contributed by atoms with E-state index >= 15 is 4.39 Å². The van der Waals surface area contributed by atoms with Crippen LogP contribution in [0.1, 0.15) is 44.2 Å². The Balaban J connectivity index is 1.37. The van der Waals surface area contributed by atoms with E-state index in [9.17, 15) is 17.6 Å². The van der Waals surface area contributed by atoms with Gasteiger partial charge in [-0.15, -0.1) is 0 Å². The Morgan fingerprint density at radius 3 is 1.47 bits per heavy atom. The summed E-state index contributed by atoms with van der Waals surface area (Å²) in [6.45, 7) is -1.66. The Bertz CT molecular complexity index is 2740. The molecule has 2 nitrogen and oxygen atoms in total. The number of aryl methyl sites for hydroxylation is 2. The Labute approximate surface area is 346 Å². The minimum atomic E-state index is -3.01. The number of rotatable bonds is 14. The number of alkyl halides is 4. The highest BCUT2D eigenvalue weighted by Gasteiger charge is 2.23. The van der Waals surface area contributed by atoms with E-state index in [0.717, 1.165) is 76.3 Å². The van der Waals surface area contributed by atoms with Crippen LogP contribution in [0.4, 0.5) is 22.0 Å². The molecule has 0 aromatic heterocycles. The molecular weight excluding hydrogens is 764 g/mol. The molecule has 8 aromatic carbocycles. The smallest absolute Gasteiger partial charge is 0.387 e. The third-order valence-electron chi connectivity index (χ3n) is 11.1. The van der Waals surface area contributed by atoms with Gasteiger partial charge in [-0.3, -0.25) is 0 Å². The lowest BCUT2D eigenvalue weighted by atomic mass is 9.83. The zero-order chi connectivity index (χ0) is 41.8. The van der Waals surface area contributed by atoms with Crippen LogP contribution in [-0.2, 0) is 12.8 Å². The monoisotopic (exact) mass is 806 g/mol. The van der Waals surface area contributed by atoms with Crippen molar-refractivity contribution in [3.63, 3.8) is 0 Å². The molecule has 0 saturated heterocycles. The van der Waals surface area contributed by atoms with Crippen LogP contribution in [0.3, 0.4) is 0 Å². The first-order chi connectivity index (χ1) is 29.2. The fourth-order valence-corrected chi connectivity index (χ4v) is 8.08. The summed E-state index contributed by atoms with van der Waals surface area (Å²) in [7, 11) is 0. The van der Waals surface area contributed by atoms with Crippen molar-refractivity contribution < 1.29 is 31.4 Å². The van der Waals surface area contributed by atoms with E-state index in [2.05, 4.69) is 84.0 Å². The minimum Gasteiger partial charge on any atom is -0.435 e. The van der Waals surface area contributed by atoms with Crippen molar-refractivity contribution in [2.24, 2.45) is 0 Å². The molecule has 0 aliphatic heterocycles. The van der Waals surface area contributed by atoms with Crippen LogP contribution in [-0.4, -0.2) is 13.2 Å². The molecule has 0 aliphatic carbocycles. The molecule has 7 heteroatoms. The number of hydrogen-bond donors (Lipinski definition) is 0. The van der Waals surface area contributed by atoms with E-state index in [0.29, 0.717) is 27.5 Å². The molecule has 8 aromatic rings. The van der Waals surface area contributed by atoms with Crippen molar-refractivity contribution in [1.29, 1.82) is 0 Å². The maximum Gasteiger partial charge on any atom is 0.387 e. The molecule has 0 spiro atoms. The van der Waals surface area contributed by atoms with Crippen LogP contribution in [0.15, 0.2) is 152 Å². The summed E-state index contributed by atoms with van der Waals surface area (Å²) in [5.74, 6) is -0.507. The van der Waals surface area contributed by atoms with E-state index in [-0.39, 0.29) is 17.1 Å². The van der Waals surface area contributed by atoms with Gasteiger partial charge in [0.1, 0.15) is 17.3 Å². The van der Waals surface area contributed by atoms with E-state index in [1.807, 2.05) is 36.4 Å². The molecule has 0 radical (unpaired) electrons. The fraction of sp³-hybridized carbons (Fsp3) is 0.170. The predicted molar refractivity (Wildman–Crippen MR) is 234 cm³/mol. The molecule has 0 amide bonds. The molecule has 302 valence electrons. The summed E-state index contributed by atoms with van der Waals surface area (Å²) in [5, 5.41) is 2.81. The highest BCUT2D eigenvalue weighted by atomic mass is 19.3. The average Bonchev–Trinajstić information content (AvgIpc) is 3.26. The topological polar surface area (TPSA) is 18.5 Å². The average molecular weight is 807 g/mol.